The summed E-state index contributed by atoms with van der Waals surface area (Å²) in [6.07, 6.45) is 2.13. The summed E-state index contributed by atoms with van der Waals surface area (Å²) in [6.45, 7) is 11.7. The third-order valence-corrected chi connectivity index (χ3v) is 8.54. The molecule has 2 bridgehead atoms. The van der Waals surface area contributed by atoms with E-state index in [1.165, 1.54) is 19.2 Å². The van der Waals surface area contributed by atoms with Gasteiger partial charge in [-0.3, -0.25) is 4.79 Å². The highest BCUT2D eigenvalue weighted by Crippen LogP contribution is 2.65. The molecule has 4 fully saturated rings. The molecule has 5 unspecified atom stereocenters. The Morgan fingerprint density at radius 3 is 2.61 bits per heavy atom. The van der Waals surface area contributed by atoms with Crippen molar-refractivity contribution in [1.82, 2.24) is 5.32 Å². The number of rotatable bonds is 8. The zero-order valence-electron chi connectivity index (χ0n) is 23.4. The second-order valence-electron chi connectivity index (χ2n) is 12.5. The minimum atomic E-state index is -0.836. The smallest absolute Gasteiger partial charge is 0.482 e. The standard InChI is InChI=1S/C28H38BFN2O6/c1-26(2,3)36-25(34)23-18(30)11-10-16(24(23)35-7)13-21(32-22(33)9-8-12-31)29-37-20-15-17-14-19(27(17,4)5)28(20,6)38-29/h10-11,17,19-21H,8-9,13-15H2,1-7H3,(H,32,33). The van der Waals surface area contributed by atoms with Gasteiger partial charge in [-0.2, -0.15) is 5.26 Å². The largest absolute Gasteiger partial charge is 0.495 e. The van der Waals surface area contributed by atoms with Crippen molar-refractivity contribution in [3.63, 3.8) is 0 Å². The summed E-state index contributed by atoms with van der Waals surface area (Å²) < 4.78 is 38.9. The summed E-state index contributed by atoms with van der Waals surface area (Å²) in [7, 11) is 0.603. The van der Waals surface area contributed by atoms with Gasteiger partial charge in [0.25, 0.3) is 0 Å². The lowest BCUT2D eigenvalue weighted by Crippen LogP contribution is -2.65. The quantitative estimate of drug-likeness (QED) is 0.394. The summed E-state index contributed by atoms with van der Waals surface area (Å²) in [5, 5.41) is 11.9. The molecular formula is C28H38BFN2O6. The predicted molar refractivity (Wildman–Crippen MR) is 139 cm³/mol. The lowest BCUT2D eigenvalue weighted by molar-refractivity contribution is -0.199. The molecule has 1 saturated heterocycles. The van der Waals surface area contributed by atoms with Crippen LogP contribution in [0.3, 0.4) is 0 Å². The lowest BCUT2D eigenvalue weighted by atomic mass is 9.43. The van der Waals surface area contributed by atoms with Crippen molar-refractivity contribution in [2.75, 3.05) is 7.11 Å². The van der Waals surface area contributed by atoms with Crippen molar-refractivity contribution in [2.24, 2.45) is 17.3 Å². The van der Waals surface area contributed by atoms with Crippen LogP contribution in [0, 0.1) is 34.4 Å². The van der Waals surface area contributed by atoms with Gasteiger partial charge in [-0.15, -0.1) is 0 Å². The number of halogens is 1. The van der Waals surface area contributed by atoms with Gasteiger partial charge in [0, 0.05) is 12.8 Å². The van der Waals surface area contributed by atoms with E-state index in [9.17, 15) is 14.0 Å². The fourth-order valence-corrected chi connectivity index (χ4v) is 6.49. The maximum Gasteiger partial charge on any atom is 0.482 e. The van der Waals surface area contributed by atoms with Crippen molar-refractivity contribution in [3.8, 4) is 11.8 Å². The molecule has 4 aliphatic rings. The van der Waals surface area contributed by atoms with Crippen LogP contribution in [0.2, 0.25) is 0 Å². The molecule has 206 valence electrons. The summed E-state index contributed by atoms with van der Waals surface area (Å²) in [6, 6.07) is 4.71. The Labute approximate surface area is 224 Å². The van der Waals surface area contributed by atoms with Crippen LogP contribution in [0.4, 0.5) is 4.39 Å². The van der Waals surface area contributed by atoms with E-state index in [1.807, 2.05) is 6.07 Å². The van der Waals surface area contributed by atoms with Crippen LogP contribution < -0.4 is 10.1 Å². The van der Waals surface area contributed by atoms with Crippen LogP contribution in [-0.2, 0) is 25.3 Å². The molecule has 5 atom stereocenters. The summed E-state index contributed by atoms with van der Waals surface area (Å²) in [5.74, 6) is -1.64. The van der Waals surface area contributed by atoms with Gasteiger partial charge >= 0.3 is 13.1 Å². The minimum absolute atomic E-state index is 0.0296. The number of ether oxygens (including phenoxy) is 2. The van der Waals surface area contributed by atoms with E-state index < -0.39 is 36.0 Å². The van der Waals surface area contributed by atoms with Gasteiger partial charge in [-0.1, -0.05) is 19.9 Å². The van der Waals surface area contributed by atoms with Gasteiger partial charge in [-0.05, 0) is 75.8 Å². The Balaban J connectivity index is 1.64. The number of hydrogen-bond donors (Lipinski definition) is 1. The fourth-order valence-electron chi connectivity index (χ4n) is 6.49. The normalized spacial score (nSPS) is 28.0. The Kier molecular flexibility index (Phi) is 7.59. The van der Waals surface area contributed by atoms with Gasteiger partial charge < -0.3 is 24.1 Å². The van der Waals surface area contributed by atoms with E-state index in [-0.39, 0.29) is 48.0 Å². The summed E-state index contributed by atoms with van der Waals surface area (Å²) >= 11 is 0. The topological polar surface area (TPSA) is 107 Å². The van der Waals surface area contributed by atoms with Crippen LogP contribution in [0.25, 0.3) is 0 Å². The van der Waals surface area contributed by atoms with Gasteiger partial charge in [-0.25, -0.2) is 9.18 Å². The second-order valence-corrected chi connectivity index (χ2v) is 12.5. The molecule has 1 N–H and O–H groups in total. The van der Waals surface area contributed by atoms with Crippen LogP contribution in [-0.4, -0.2) is 49.4 Å². The molecule has 0 spiro atoms. The highest BCUT2D eigenvalue weighted by atomic mass is 19.1. The van der Waals surface area contributed by atoms with Crippen molar-refractivity contribution in [2.45, 2.75) is 96.9 Å². The molecule has 5 rings (SSSR count). The molecule has 0 radical (unpaired) electrons. The number of nitrogens with zero attached hydrogens (tertiary/aromatic N) is 1. The van der Waals surface area contributed by atoms with E-state index in [0.717, 1.165) is 12.8 Å². The molecule has 1 amide bonds. The lowest BCUT2D eigenvalue weighted by Gasteiger charge is -2.64. The first-order valence-electron chi connectivity index (χ1n) is 13.3. The molecule has 10 heteroatoms. The minimum Gasteiger partial charge on any atom is -0.495 e. The molecule has 0 aromatic heterocycles. The maximum absolute atomic E-state index is 14.9. The highest BCUT2D eigenvalue weighted by molar-refractivity contribution is 6.48. The molecular weight excluding hydrogens is 490 g/mol. The van der Waals surface area contributed by atoms with Crippen molar-refractivity contribution in [1.29, 1.82) is 5.26 Å². The summed E-state index contributed by atoms with van der Waals surface area (Å²) in [5.41, 5.74) is -0.971. The number of carbonyl (C=O) groups excluding carboxylic acids is 2. The number of nitrogens with one attached hydrogen (secondary N) is 1. The number of hydrogen-bond acceptors (Lipinski definition) is 7. The highest BCUT2D eigenvalue weighted by Gasteiger charge is 2.68. The van der Waals surface area contributed by atoms with E-state index in [0.29, 0.717) is 17.4 Å². The molecule has 1 heterocycles. The van der Waals surface area contributed by atoms with Crippen LogP contribution >= 0.6 is 0 Å². The van der Waals surface area contributed by atoms with Crippen molar-refractivity contribution in [3.05, 3.63) is 29.1 Å². The predicted octanol–water partition coefficient (Wildman–Crippen LogP) is 4.39. The average molecular weight is 528 g/mol. The van der Waals surface area contributed by atoms with Crippen LogP contribution in [0.5, 0.6) is 5.75 Å². The van der Waals surface area contributed by atoms with Crippen LogP contribution in [0.1, 0.15) is 83.1 Å². The van der Waals surface area contributed by atoms with Gasteiger partial charge in [0.2, 0.25) is 5.91 Å². The zero-order chi connectivity index (χ0) is 28.0. The van der Waals surface area contributed by atoms with Crippen molar-refractivity contribution >= 4 is 19.0 Å². The first-order valence-corrected chi connectivity index (χ1v) is 13.3. The van der Waals surface area contributed by atoms with Crippen LogP contribution in [0.15, 0.2) is 12.1 Å². The molecule has 38 heavy (non-hydrogen) atoms. The molecule has 1 aromatic rings. The number of carbonyl (C=O) groups is 2. The van der Waals surface area contributed by atoms with E-state index in [2.05, 4.69) is 26.1 Å². The Hall–Kier alpha value is -2.64. The molecule has 1 aromatic carbocycles. The molecule has 8 nitrogen and oxygen atoms in total. The molecule has 3 aliphatic carbocycles. The SMILES string of the molecule is COc1c(CC(NC(=O)CCC#N)B2OC3CC4CC(C4(C)C)C3(C)O2)ccc(F)c1C(=O)OC(C)(C)C. The second kappa shape index (κ2) is 10.2. The van der Waals surface area contributed by atoms with Crippen molar-refractivity contribution < 1.29 is 32.8 Å². The third kappa shape index (κ3) is 5.15. The summed E-state index contributed by atoms with van der Waals surface area (Å²) in [4.78, 5) is 25.6. The average Bonchev–Trinajstić information content (AvgIpc) is 3.18. The van der Waals surface area contributed by atoms with Gasteiger partial charge in [0.05, 0.1) is 30.8 Å². The van der Waals surface area contributed by atoms with Gasteiger partial charge in [0.1, 0.15) is 22.7 Å². The fraction of sp³-hybridized carbons (Fsp3) is 0.679. The van der Waals surface area contributed by atoms with E-state index in [4.69, 9.17) is 24.0 Å². The molecule has 1 aliphatic heterocycles. The third-order valence-electron chi connectivity index (χ3n) is 8.54. The first kappa shape index (κ1) is 28.4. The van der Waals surface area contributed by atoms with E-state index >= 15 is 0 Å². The Morgan fingerprint density at radius 2 is 2.00 bits per heavy atom. The number of nitriles is 1. The van der Waals surface area contributed by atoms with E-state index in [1.54, 1.807) is 20.8 Å². The zero-order valence-corrected chi connectivity index (χ0v) is 23.4. The van der Waals surface area contributed by atoms with Gasteiger partial charge in [0.15, 0.2) is 0 Å². The number of esters is 1. The number of benzene rings is 1. The Bertz CT molecular complexity index is 1150. The maximum atomic E-state index is 14.9. The first-order chi connectivity index (χ1) is 17.7. The molecule has 3 saturated carbocycles. The Morgan fingerprint density at radius 1 is 1.29 bits per heavy atom. The monoisotopic (exact) mass is 528 g/mol. The number of amides is 1. The number of methoxy groups -OCH3 is 1.